The van der Waals surface area contributed by atoms with Crippen LogP contribution >= 0.6 is 0 Å². The molecule has 19 heavy (non-hydrogen) atoms. The summed E-state index contributed by atoms with van der Waals surface area (Å²) in [5.41, 5.74) is 1.06. The van der Waals surface area contributed by atoms with E-state index in [9.17, 15) is 4.79 Å². The second-order valence-electron chi connectivity index (χ2n) is 4.92. The minimum absolute atomic E-state index is 0.123. The molecule has 1 heterocycles. The highest BCUT2D eigenvalue weighted by atomic mass is 16.5. The van der Waals surface area contributed by atoms with Crippen molar-refractivity contribution >= 4 is 5.91 Å². The van der Waals surface area contributed by atoms with E-state index in [0.717, 1.165) is 5.56 Å². The molecule has 1 aromatic carbocycles. The van der Waals surface area contributed by atoms with Gasteiger partial charge in [-0.25, -0.2) is 0 Å². The SMILES string of the molecule is C=C[C@H](C)[C@H](C(=O)N1CCOCC1)c1ccccc1. The van der Waals surface area contributed by atoms with Crippen molar-refractivity contribution in [3.63, 3.8) is 0 Å². The lowest BCUT2D eigenvalue weighted by atomic mass is 9.86. The first kappa shape index (κ1) is 13.8. The van der Waals surface area contributed by atoms with Crippen molar-refractivity contribution in [1.29, 1.82) is 0 Å². The van der Waals surface area contributed by atoms with Gasteiger partial charge in [-0.15, -0.1) is 6.58 Å². The Kier molecular flexibility index (Phi) is 4.74. The molecule has 2 atom stereocenters. The third kappa shape index (κ3) is 3.24. The molecule has 2 rings (SSSR count). The summed E-state index contributed by atoms with van der Waals surface area (Å²) in [4.78, 5) is 14.6. The molecular weight excluding hydrogens is 238 g/mol. The fourth-order valence-electron chi connectivity index (χ4n) is 2.45. The molecule has 1 aromatic rings. The van der Waals surface area contributed by atoms with E-state index in [2.05, 4.69) is 6.58 Å². The average molecular weight is 259 g/mol. The van der Waals surface area contributed by atoms with Gasteiger partial charge in [0.2, 0.25) is 5.91 Å². The number of hydrogen-bond acceptors (Lipinski definition) is 2. The van der Waals surface area contributed by atoms with Crippen LogP contribution in [0.1, 0.15) is 18.4 Å². The predicted molar refractivity (Wildman–Crippen MR) is 75.9 cm³/mol. The number of benzene rings is 1. The maximum atomic E-state index is 12.7. The van der Waals surface area contributed by atoms with Crippen LogP contribution in [-0.2, 0) is 9.53 Å². The van der Waals surface area contributed by atoms with E-state index in [1.807, 2.05) is 48.2 Å². The topological polar surface area (TPSA) is 29.5 Å². The smallest absolute Gasteiger partial charge is 0.230 e. The van der Waals surface area contributed by atoms with Gasteiger partial charge in [0.15, 0.2) is 0 Å². The van der Waals surface area contributed by atoms with Crippen LogP contribution in [0.25, 0.3) is 0 Å². The first-order chi connectivity index (χ1) is 9.24. The zero-order chi connectivity index (χ0) is 13.7. The van der Waals surface area contributed by atoms with Gasteiger partial charge in [0.25, 0.3) is 0 Å². The van der Waals surface area contributed by atoms with E-state index in [1.165, 1.54) is 0 Å². The Morgan fingerprint density at radius 3 is 2.53 bits per heavy atom. The maximum absolute atomic E-state index is 12.7. The van der Waals surface area contributed by atoms with E-state index < -0.39 is 0 Å². The first-order valence-electron chi connectivity index (χ1n) is 6.78. The lowest BCUT2D eigenvalue weighted by Crippen LogP contribution is -2.44. The second-order valence-corrected chi connectivity index (χ2v) is 4.92. The second kappa shape index (κ2) is 6.53. The summed E-state index contributed by atoms with van der Waals surface area (Å²) < 4.78 is 5.31. The molecule has 0 saturated carbocycles. The fraction of sp³-hybridized carbons (Fsp3) is 0.438. The van der Waals surface area contributed by atoms with Gasteiger partial charge in [0.05, 0.1) is 19.1 Å². The number of rotatable bonds is 4. The molecule has 1 fully saturated rings. The normalized spacial score (nSPS) is 18.7. The van der Waals surface area contributed by atoms with Gasteiger partial charge in [0.1, 0.15) is 0 Å². The number of carbonyl (C=O) groups excluding carboxylic acids is 1. The van der Waals surface area contributed by atoms with Gasteiger partial charge in [-0.05, 0) is 11.5 Å². The Bertz CT molecular complexity index is 424. The number of ether oxygens (including phenoxy) is 1. The number of hydrogen-bond donors (Lipinski definition) is 0. The molecule has 1 aliphatic heterocycles. The van der Waals surface area contributed by atoms with Gasteiger partial charge in [-0.2, -0.15) is 0 Å². The van der Waals surface area contributed by atoms with Crippen molar-refractivity contribution in [1.82, 2.24) is 4.90 Å². The van der Waals surface area contributed by atoms with Crippen molar-refractivity contribution in [2.24, 2.45) is 5.92 Å². The summed E-state index contributed by atoms with van der Waals surface area (Å²) in [5.74, 6) is 0.163. The Labute approximate surface area is 114 Å². The Morgan fingerprint density at radius 1 is 1.32 bits per heavy atom. The number of amides is 1. The number of nitrogens with zero attached hydrogens (tertiary/aromatic N) is 1. The van der Waals surface area contributed by atoms with Crippen molar-refractivity contribution in [2.75, 3.05) is 26.3 Å². The van der Waals surface area contributed by atoms with E-state index in [1.54, 1.807) is 0 Å². The lowest BCUT2D eigenvalue weighted by Gasteiger charge is -2.32. The molecule has 1 amide bonds. The highest BCUT2D eigenvalue weighted by Gasteiger charge is 2.30. The third-order valence-electron chi connectivity index (χ3n) is 3.65. The zero-order valence-corrected chi connectivity index (χ0v) is 11.4. The highest BCUT2D eigenvalue weighted by molar-refractivity contribution is 5.84. The van der Waals surface area contributed by atoms with Gasteiger partial charge in [-0.1, -0.05) is 43.3 Å². The molecular formula is C16H21NO2. The van der Waals surface area contributed by atoms with Crippen LogP contribution in [0.3, 0.4) is 0 Å². The minimum Gasteiger partial charge on any atom is -0.378 e. The average Bonchev–Trinajstić information content (AvgIpc) is 2.49. The number of morpholine rings is 1. The van der Waals surface area contributed by atoms with Crippen LogP contribution in [0.4, 0.5) is 0 Å². The maximum Gasteiger partial charge on any atom is 0.230 e. The molecule has 0 aromatic heterocycles. The van der Waals surface area contributed by atoms with Crippen LogP contribution < -0.4 is 0 Å². The Hall–Kier alpha value is -1.61. The Morgan fingerprint density at radius 2 is 1.95 bits per heavy atom. The molecule has 3 heteroatoms. The zero-order valence-electron chi connectivity index (χ0n) is 11.4. The van der Waals surface area contributed by atoms with Crippen molar-refractivity contribution in [3.05, 3.63) is 48.6 Å². The standard InChI is InChI=1S/C16H21NO2/c1-3-13(2)15(14-7-5-4-6-8-14)16(18)17-9-11-19-12-10-17/h3-8,13,15H,1,9-12H2,2H3/t13-,15-/m0/s1. The molecule has 1 saturated heterocycles. The van der Waals surface area contributed by atoms with Crippen molar-refractivity contribution in [3.8, 4) is 0 Å². The molecule has 1 aliphatic rings. The minimum atomic E-state index is -0.142. The molecule has 0 radical (unpaired) electrons. The molecule has 102 valence electrons. The number of allylic oxidation sites excluding steroid dienone is 1. The molecule has 0 aliphatic carbocycles. The summed E-state index contributed by atoms with van der Waals surface area (Å²) >= 11 is 0. The van der Waals surface area contributed by atoms with Crippen LogP contribution in [0, 0.1) is 5.92 Å². The fourth-order valence-corrected chi connectivity index (χ4v) is 2.45. The molecule has 0 unspecified atom stereocenters. The summed E-state index contributed by atoms with van der Waals surface area (Å²) in [5, 5.41) is 0. The quantitative estimate of drug-likeness (QED) is 0.777. The Balaban J connectivity index is 2.22. The van der Waals surface area contributed by atoms with Crippen LogP contribution in [0.15, 0.2) is 43.0 Å². The highest BCUT2D eigenvalue weighted by Crippen LogP contribution is 2.28. The van der Waals surface area contributed by atoms with Gasteiger partial charge in [-0.3, -0.25) is 4.79 Å². The lowest BCUT2D eigenvalue weighted by molar-refractivity contribution is -0.137. The van der Waals surface area contributed by atoms with E-state index in [0.29, 0.717) is 26.3 Å². The third-order valence-corrected chi connectivity index (χ3v) is 3.65. The molecule has 0 bridgehead atoms. The summed E-state index contributed by atoms with van der Waals surface area (Å²) in [6.45, 7) is 8.53. The van der Waals surface area contributed by atoms with Gasteiger partial charge >= 0.3 is 0 Å². The molecule has 3 nitrogen and oxygen atoms in total. The monoisotopic (exact) mass is 259 g/mol. The van der Waals surface area contributed by atoms with Gasteiger partial charge < -0.3 is 9.64 Å². The number of carbonyl (C=O) groups is 1. The van der Waals surface area contributed by atoms with Crippen LogP contribution in [-0.4, -0.2) is 37.1 Å². The summed E-state index contributed by atoms with van der Waals surface area (Å²) in [6, 6.07) is 9.96. The molecule has 0 N–H and O–H groups in total. The van der Waals surface area contributed by atoms with E-state index in [4.69, 9.17) is 4.74 Å². The molecule has 0 spiro atoms. The van der Waals surface area contributed by atoms with Crippen molar-refractivity contribution in [2.45, 2.75) is 12.8 Å². The van der Waals surface area contributed by atoms with E-state index in [-0.39, 0.29) is 17.7 Å². The first-order valence-corrected chi connectivity index (χ1v) is 6.78. The van der Waals surface area contributed by atoms with Gasteiger partial charge in [0, 0.05) is 13.1 Å². The largest absolute Gasteiger partial charge is 0.378 e. The van der Waals surface area contributed by atoms with Crippen LogP contribution in [0.5, 0.6) is 0 Å². The summed E-state index contributed by atoms with van der Waals surface area (Å²) in [6.07, 6.45) is 1.86. The van der Waals surface area contributed by atoms with E-state index >= 15 is 0 Å². The van der Waals surface area contributed by atoms with Crippen LogP contribution in [0.2, 0.25) is 0 Å². The predicted octanol–water partition coefficient (Wildman–Crippen LogP) is 2.45. The van der Waals surface area contributed by atoms with Crippen molar-refractivity contribution < 1.29 is 9.53 Å². The summed E-state index contributed by atoms with van der Waals surface area (Å²) in [7, 11) is 0.